The van der Waals surface area contributed by atoms with E-state index in [2.05, 4.69) is 22.5 Å². The molecular formula is C22H18FN3O4. The monoisotopic (exact) mass is 407 g/mol. The molecule has 8 heteroatoms. The van der Waals surface area contributed by atoms with Crippen molar-refractivity contribution >= 4 is 22.7 Å². The van der Waals surface area contributed by atoms with Crippen LogP contribution in [0, 0.1) is 24.6 Å². The summed E-state index contributed by atoms with van der Waals surface area (Å²) < 4.78 is 20.7. The molecule has 2 aromatic carbocycles. The van der Waals surface area contributed by atoms with Gasteiger partial charge in [-0.15, -0.1) is 0 Å². The fourth-order valence-corrected chi connectivity index (χ4v) is 3.37. The molecule has 30 heavy (non-hydrogen) atoms. The lowest BCUT2D eigenvalue weighted by molar-refractivity contribution is -0.122. The van der Waals surface area contributed by atoms with Crippen molar-refractivity contribution in [2.45, 2.75) is 19.0 Å². The minimum atomic E-state index is -1.68. The van der Waals surface area contributed by atoms with Gasteiger partial charge < -0.3 is 19.7 Å². The number of urea groups is 1. The number of aromatic nitrogens is 1. The summed E-state index contributed by atoms with van der Waals surface area (Å²) in [5.74, 6) is 4.62. The second-order valence-electron chi connectivity index (χ2n) is 7.08. The fourth-order valence-electron chi connectivity index (χ4n) is 3.37. The summed E-state index contributed by atoms with van der Waals surface area (Å²) >= 11 is 0. The molecule has 152 valence electrons. The van der Waals surface area contributed by atoms with Gasteiger partial charge in [0, 0.05) is 17.0 Å². The van der Waals surface area contributed by atoms with E-state index in [0.717, 1.165) is 5.56 Å². The van der Waals surface area contributed by atoms with E-state index in [1.165, 1.54) is 17.7 Å². The number of carbonyl (C=O) groups excluding carboxylic acids is 2. The predicted octanol–water partition coefficient (Wildman–Crippen LogP) is 2.43. The molecule has 7 nitrogen and oxygen atoms in total. The van der Waals surface area contributed by atoms with E-state index in [9.17, 15) is 19.1 Å². The van der Waals surface area contributed by atoms with Crippen LogP contribution in [0.4, 0.5) is 9.18 Å². The van der Waals surface area contributed by atoms with Crippen molar-refractivity contribution in [3.05, 3.63) is 59.5 Å². The van der Waals surface area contributed by atoms with Gasteiger partial charge in [0.15, 0.2) is 5.88 Å². The SMILES string of the molecule is COc1ccc2cn(C[C@@]3(C#Cc4cc(C)ccc4F)NC(=O)NC3=O)c(O)c2c1. The first-order valence-electron chi connectivity index (χ1n) is 9.10. The molecule has 1 aliphatic rings. The van der Waals surface area contributed by atoms with Crippen LogP contribution < -0.4 is 15.4 Å². The normalized spacial score (nSPS) is 18.0. The van der Waals surface area contributed by atoms with Gasteiger partial charge in [-0.1, -0.05) is 17.9 Å². The highest BCUT2D eigenvalue weighted by Crippen LogP contribution is 2.32. The molecule has 0 saturated carbocycles. The van der Waals surface area contributed by atoms with Gasteiger partial charge in [-0.2, -0.15) is 0 Å². The minimum absolute atomic E-state index is 0.106. The summed E-state index contributed by atoms with van der Waals surface area (Å²) in [5, 5.41) is 16.6. The molecule has 0 unspecified atom stereocenters. The number of rotatable bonds is 3. The van der Waals surface area contributed by atoms with Crippen LogP contribution >= 0.6 is 0 Å². The van der Waals surface area contributed by atoms with Crippen LogP contribution in [-0.2, 0) is 11.3 Å². The van der Waals surface area contributed by atoms with Gasteiger partial charge in [-0.25, -0.2) is 9.18 Å². The molecule has 1 saturated heterocycles. The second kappa shape index (κ2) is 7.12. The van der Waals surface area contributed by atoms with Gasteiger partial charge in [0.2, 0.25) is 5.54 Å². The highest BCUT2D eigenvalue weighted by atomic mass is 19.1. The van der Waals surface area contributed by atoms with Crippen molar-refractivity contribution in [1.29, 1.82) is 0 Å². The molecule has 0 bridgehead atoms. The highest BCUT2D eigenvalue weighted by Gasteiger charge is 2.46. The Balaban J connectivity index is 1.78. The molecule has 3 aromatic rings. The first-order valence-corrected chi connectivity index (χ1v) is 9.10. The summed E-state index contributed by atoms with van der Waals surface area (Å²) in [5.41, 5.74) is -0.767. The van der Waals surface area contributed by atoms with E-state index < -0.39 is 23.3 Å². The number of halogens is 1. The fraction of sp³-hybridized carbons (Fsp3) is 0.182. The van der Waals surface area contributed by atoms with E-state index in [1.54, 1.807) is 43.5 Å². The summed E-state index contributed by atoms with van der Waals surface area (Å²) in [6.07, 6.45) is 1.64. The summed E-state index contributed by atoms with van der Waals surface area (Å²) in [6.45, 7) is 1.62. The number of carbonyl (C=O) groups is 2. The first-order chi connectivity index (χ1) is 14.3. The van der Waals surface area contributed by atoms with Gasteiger partial charge >= 0.3 is 6.03 Å². The highest BCUT2D eigenvalue weighted by molar-refractivity contribution is 6.09. The third-order valence-corrected chi connectivity index (χ3v) is 4.95. The lowest BCUT2D eigenvalue weighted by Crippen LogP contribution is -2.49. The average Bonchev–Trinajstić information content (AvgIpc) is 3.18. The van der Waals surface area contributed by atoms with E-state index in [-0.39, 0.29) is 18.0 Å². The molecule has 1 aromatic heterocycles. The molecule has 1 aliphatic heterocycles. The first kappa shape index (κ1) is 19.3. The topological polar surface area (TPSA) is 92.6 Å². The van der Waals surface area contributed by atoms with E-state index in [0.29, 0.717) is 16.5 Å². The van der Waals surface area contributed by atoms with Crippen molar-refractivity contribution in [3.63, 3.8) is 0 Å². The Bertz CT molecular complexity index is 1250. The number of aryl methyl sites for hydroxylation is 1. The maximum absolute atomic E-state index is 14.1. The lowest BCUT2D eigenvalue weighted by atomic mass is 9.99. The Morgan fingerprint density at radius 2 is 2.03 bits per heavy atom. The smallest absolute Gasteiger partial charge is 0.323 e. The number of benzene rings is 2. The van der Waals surface area contributed by atoms with Gasteiger partial charge in [0.25, 0.3) is 5.91 Å². The van der Waals surface area contributed by atoms with Crippen molar-refractivity contribution in [2.24, 2.45) is 0 Å². The predicted molar refractivity (Wildman–Crippen MR) is 108 cm³/mol. The molecule has 0 spiro atoms. The number of fused-ring (bicyclic) bond motifs is 1. The zero-order chi connectivity index (χ0) is 21.5. The van der Waals surface area contributed by atoms with Crippen LogP contribution in [0.1, 0.15) is 11.1 Å². The number of ether oxygens (including phenoxy) is 1. The van der Waals surface area contributed by atoms with Crippen LogP contribution in [0.5, 0.6) is 11.6 Å². The summed E-state index contributed by atoms with van der Waals surface area (Å²) in [6, 6.07) is 8.91. The van der Waals surface area contributed by atoms with E-state index in [1.807, 2.05) is 0 Å². The quantitative estimate of drug-likeness (QED) is 0.459. The zero-order valence-electron chi connectivity index (χ0n) is 16.2. The Kier molecular flexibility index (Phi) is 4.59. The van der Waals surface area contributed by atoms with Crippen LogP contribution in [-0.4, -0.2) is 34.3 Å². The van der Waals surface area contributed by atoms with Gasteiger partial charge in [-0.3, -0.25) is 10.1 Å². The van der Waals surface area contributed by atoms with Crippen molar-refractivity contribution < 1.29 is 23.8 Å². The van der Waals surface area contributed by atoms with Gasteiger partial charge in [0.05, 0.1) is 19.2 Å². The molecule has 0 aliphatic carbocycles. The standard InChI is InChI=1S/C22H18FN3O4/c1-13-3-6-18(23)14(9-13)7-8-22(20(28)24-21(29)25-22)12-26-11-15-4-5-16(30-2)10-17(15)19(26)27/h3-6,9-11,27H,12H2,1-2H3,(H2,24,25,28,29)/t22-/m1/s1. The van der Waals surface area contributed by atoms with Crippen LogP contribution in [0.15, 0.2) is 42.6 Å². The van der Waals surface area contributed by atoms with Crippen molar-refractivity contribution in [2.75, 3.05) is 7.11 Å². The average molecular weight is 407 g/mol. The number of hydrogen-bond donors (Lipinski definition) is 3. The molecular weight excluding hydrogens is 389 g/mol. The molecule has 1 fully saturated rings. The van der Waals surface area contributed by atoms with Crippen LogP contribution in [0.3, 0.4) is 0 Å². The van der Waals surface area contributed by atoms with Crippen LogP contribution in [0.2, 0.25) is 0 Å². The number of hydrogen-bond acceptors (Lipinski definition) is 4. The molecule has 3 amide bonds. The molecule has 3 N–H and O–H groups in total. The van der Waals surface area contributed by atoms with Crippen molar-refractivity contribution in [3.8, 4) is 23.5 Å². The number of amides is 3. The summed E-state index contributed by atoms with van der Waals surface area (Å²) in [7, 11) is 1.52. The van der Waals surface area contributed by atoms with Gasteiger partial charge in [0.1, 0.15) is 11.6 Å². The van der Waals surface area contributed by atoms with E-state index >= 15 is 0 Å². The lowest BCUT2D eigenvalue weighted by Gasteiger charge is -2.20. The largest absolute Gasteiger partial charge is 0.497 e. The third-order valence-electron chi connectivity index (χ3n) is 4.95. The maximum atomic E-state index is 14.1. The molecule has 1 atom stereocenters. The Hall–Kier alpha value is -3.99. The van der Waals surface area contributed by atoms with Crippen molar-refractivity contribution in [1.82, 2.24) is 15.2 Å². The molecule has 4 rings (SSSR count). The Morgan fingerprint density at radius 1 is 1.23 bits per heavy atom. The number of methoxy groups -OCH3 is 1. The molecule has 0 radical (unpaired) electrons. The Morgan fingerprint density at radius 3 is 2.73 bits per heavy atom. The number of aromatic hydroxyl groups is 1. The van der Waals surface area contributed by atoms with Gasteiger partial charge in [-0.05, 0) is 42.8 Å². The Labute approximate surface area is 171 Å². The second-order valence-corrected chi connectivity index (χ2v) is 7.08. The number of imide groups is 1. The third kappa shape index (κ3) is 3.31. The maximum Gasteiger partial charge on any atom is 0.323 e. The van der Waals surface area contributed by atoms with E-state index in [4.69, 9.17) is 4.74 Å². The number of nitrogens with one attached hydrogen (secondary N) is 2. The summed E-state index contributed by atoms with van der Waals surface area (Å²) in [4.78, 5) is 24.5. The zero-order valence-corrected chi connectivity index (χ0v) is 16.2. The molecule has 2 heterocycles. The number of nitrogens with zero attached hydrogens (tertiary/aromatic N) is 1. The van der Waals surface area contributed by atoms with Crippen LogP contribution in [0.25, 0.3) is 10.8 Å². The minimum Gasteiger partial charge on any atom is -0.497 e.